The number of fused-ring (bicyclic) bond motifs is 1. The molecule has 26 heavy (non-hydrogen) atoms. The third kappa shape index (κ3) is 2.59. The van der Waals surface area contributed by atoms with Gasteiger partial charge in [0.05, 0.1) is 13.2 Å². The molecule has 0 saturated carbocycles. The van der Waals surface area contributed by atoms with Gasteiger partial charge in [-0.25, -0.2) is 4.98 Å². The van der Waals surface area contributed by atoms with Crippen LogP contribution in [0.25, 0.3) is 22.2 Å². The van der Waals surface area contributed by atoms with Crippen molar-refractivity contribution in [2.24, 2.45) is 0 Å². The van der Waals surface area contributed by atoms with E-state index in [1.54, 1.807) is 0 Å². The monoisotopic (exact) mass is 357 g/mol. The second-order valence-corrected chi connectivity index (χ2v) is 6.41. The summed E-state index contributed by atoms with van der Waals surface area (Å²) in [7, 11) is 0. The zero-order chi connectivity index (χ0) is 18.3. The molecule has 4 rings (SSSR count). The number of benzene rings is 2. The molecule has 4 atom stereocenters. The van der Waals surface area contributed by atoms with Crippen molar-refractivity contribution < 1.29 is 25.2 Å². The molecule has 5 N–H and O–H groups in total. The quantitative estimate of drug-likeness (QED) is 0.443. The number of aliphatic hydroxyl groups is 4. The third-order valence-corrected chi connectivity index (χ3v) is 4.81. The smallest absolute Gasteiger partial charge is 0.181 e. The fraction of sp³-hybridized carbons (Fsp3) is 0.333. The number of H-pyrrole nitrogens is 1. The molecule has 136 valence electrons. The molecule has 1 aliphatic heterocycles. The SMILES string of the molecule is OC[C@H]1OC[C@H](O)[C@@H](O)[C@]1(O)c1nc(-c2ccc3ccccc3c2)n[nH]1. The summed E-state index contributed by atoms with van der Waals surface area (Å²) in [5, 5.41) is 49.4. The van der Waals surface area contributed by atoms with Crippen molar-refractivity contribution in [2.75, 3.05) is 13.2 Å². The predicted molar refractivity (Wildman–Crippen MR) is 92.1 cm³/mol. The van der Waals surface area contributed by atoms with E-state index in [0.717, 1.165) is 16.3 Å². The van der Waals surface area contributed by atoms with E-state index in [4.69, 9.17) is 4.74 Å². The summed E-state index contributed by atoms with van der Waals surface area (Å²) in [6.07, 6.45) is -4.03. The van der Waals surface area contributed by atoms with Crippen LogP contribution in [0.15, 0.2) is 42.5 Å². The van der Waals surface area contributed by atoms with Crippen LogP contribution in [0.2, 0.25) is 0 Å². The van der Waals surface area contributed by atoms with Gasteiger partial charge in [-0.3, -0.25) is 5.10 Å². The maximum Gasteiger partial charge on any atom is 0.181 e. The number of ether oxygens (including phenoxy) is 1. The number of hydrogen-bond acceptors (Lipinski definition) is 7. The summed E-state index contributed by atoms with van der Waals surface area (Å²) < 4.78 is 5.25. The normalized spacial score (nSPS) is 29.2. The van der Waals surface area contributed by atoms with Crippen molar-refractivity contribution in [1.29, 1.82) is 0 Å². The Hall–Kier alpha value is -2.36. The number of aromatic amines is 1. The van der Waals surface area contributed by atoms with Gasteiger partial charge in [0.1, 0.15) is 18.3 Å². The topological polar surface area (TPSA) is 132 Å². The zero-order valence-electron chi connectivity index (χ0n) is 13.8. The Bertz CT molecular complexity index is 926. The number of nitrogens with one attached hydrogen (secondary N) is 1. The van der Waals surface area contributed by atoms with E-state index < -0.39 is 30.5 Å². The average molecular weight is 357 g/mol. The van der Waals surface area contributed by atoms with E-state index in [2.05, 4.69) is 15.2 Å². The first-order valence-electron chi connectivity index (χ1n) is 8.27. The fourth-order valence-electron chi connectivity index (χ4n) is 3.30. The van der Waals surface area contributed by atoms with Crippen molar-refractivity contribution in [1.82, 2.24) is 15.2 Å². The van der Waals surface area contributed by atoms with Crippen LogP contribution >= 0.6 is 0 Å². The lowest BCUT2D eigenvalue weighted by Crippen LogP contribution is -2.62. The first-order chi connectivity index (χ1) is 12.5. The highest BCUT2D eigenvalue weighted by molar-refractivity contribution is 5.86. The zero-order valence-corrected chi connectivity index (χ0v) is 13.8. The average Bonchev–Trinajstić information content (AvgIpc) is 3.17. The number of hydrogen-bond donors (Lipinski definition) is 5. The molecule has 0 aliphatic carbocycles. The summed E-state index contributed by atoms with van der Waals surface area (Å²) in [6, 6.07) is 13.6. The van der Waals surface area contributed by atoms with Gasteiger partial charge >= 0.3 is 0 Å². The van der Waals surface area contributed by atoms with Gasteiger partial charge in [0, 0.05) is 5.56 Å². The minimum atomic E-state index is -2.10. The van der Waals surface area contributed by atoms with Crippen molar-refractivity contribution in [2.45, 2.75) is 23.9 Å². The maximum absolute atomic E-state index is 10.9. The first-order valence-corrected chi connectivity index (χ1v) is 8.27. The molecule has 3 aromatic rings. The van der Waals surface area contributed by atoms with Crippen LogP contribution in [0.5, 0.6) is 0 Å². The van der Waals surface area contributed by atoms with E-state index in [0.29, 0.717) is 5.82 Å². The Kier molecular flexibility index (Phi) is 4.22. The van der Waals surface area contributed by atoms with Gasteiger partial charge in [-0.2, -0.15) is 5.10 Å². The summed E-state index contributed by atoms with van der Waals surface area (Å²) in [6.45, 7) is -0.743. The van der Waals surface area contributed by atoms with Gasteiger partial charge in [-0.05, 0) is 16.8 Å². The molecular weight excluding hydrogens is 338 g/mol. The van der Waals surface area contributed by atoms with Crippen LogP contribution in [0, 0.1) is 0 Å². The highest BCUT2D eigenvalue weighted by Crippen LogP contribution is 2.35. The molecule has 1 saturated heterocycles. The van der Waals surface area contributed by atoms with E-state index in [-0.39, 0.29) is 12.4 Å². The van der Waals surface area contributed by atoms with Gasteiger partial charge in [0.25, 0.3) is 0 Å². The Labute approximate surface area is 148 Å². The van der Waals surface area contributed by atoms with Crippen molar-refractivity contribution in [3.63, 3.8) is 0 Å². The van der Waals surface area contributed by atoms with Crippen molar-refractivity contribution in [3.05, 3.63) is 48.3 Å². The lowest BCUT2D eigenvalue weighted by atomic mass is 9.84. The van der Waals surface area contributed by atoms with Crippen molar-refractivity contribution in [3.8, 4) is 11.4 Å². The molecule has 1 fully saturated rings. The highest BCUT2D eigenvalue weighted by Gasteiger charge is 2.54. The largest absolute Gasteiger partial charge is 0.394 e. The van der Waals surface area contributed by atoms with E-state index in [1.165, 1.54) is 0 Å². The molecule has 0 unspecified atom stereocenters. The van der Waals surface area contributed by atoms with Crippen LogP contribution < -0.4 is 0 Å². The molecule has 1 aliphatic rings. The Balaban J connectivity index is 1.74. The van der Waals surface area contributed by atoms with Gasteiger partial charge < -0.3 is 25.2 Å². The van der Waals surface area contributed by atoms with Crippen LogP contribution in [-0.4, -0.2) is 67.1 Å². The molecule has 1 aromatic heterocycles. The summed E-state index contributed by atoms with van der Waals surface area (Å²) in [4.78, 5) is 4.29. The first kappa shape index (κ1) is 17.1. The molecule has 2 heterocycles. The molecule has 8 heteroatoms. The van der Waals surface area contributed by atoms with Gasteiger partial charge in [-0.15, -0.1) is 0 Å². The molecule has 0 bridgehead atoms. The predicted octanol–water partition coefficient (Wildman–Crippen LogP) is -0.0746. The summed E-state index contributed by atoms with van der Waals surface area (Å²) >= 11 is 0. The number of aliphatic hydroxyl groups excluding tert-OH is 3. The highest BCUT2D eigenvalue weighted by atomic mass is 16.5. The summed E-state index contributed by atoms with van der Waals surface area (Å²) in [5.41, 5.74) is -1.38. The van der Waals surface area contributed by atoms with Crippen LogP contribution in [0.1, 0.15) is 5.82 Å². The second kappa shape index (κ2) is 6.42. The lowest BCUT2D eigenvalue weighted by Gasteiger charge is -2.43. The van der Waals surface area contributed by atoms with Crippen LogP contribution in [0.4, 0.5) is 0 Å². The minimum absolute atomic E-state index is 0.0778. The Morgan fingerprint density at radius 3 is 2.69 bits per heavy atom. The van der Waals surface area contributed by atoms with Gasteiger partial charge in [-0.1, -0.05) is 36.4 Å². The van der Waals surface area contributed by atoms with Crippen molar-refractivity contribution >= 4 is 10.8 Å². The molecule has 2 aromatic carbocycles. The molecule has 8 nitrogen and oxygen atoms in total. The third-order valence-electron chi connectivity index (χ3n) is 4.81. The number of nitrogens with zero attached hydrogens (tertiary/aromatic N) is 2. The molecule has 0 amide bonds. The molecule has 0 spiro atoms. The van der Waals surface area contributed by atoms with Crippen LogP contribution in [-0.2, 0) is 10.3 Å². The van der Waals surface area contributed by atoms with E-state index >= 15 is 0 Å². The number of aromatic nitrogens is 3. The second-order valence-electron chi connectivity index (χ2n) is 6.41. The van der Waals surface area contributed by atoms with Gasteiger partial charge in [0.15, 0.2) is 17.2 Å². The maximum atomic E-state index is 10.9. The Morgan fingerprint density at radius 1 is 1.15 bits per heavy atom. The fourth-order valence-corrected chi connectivity index (χ4v) is 3.30. The minimum Gasteiger partial charge on any atom is -0.394 e. The number of rotatable bonds is 3. The van der Waals surface area contributed by atoms with E-state index in [1.807, 2.05) is 42.5 Å². The lowest BCUT2D eigenvalue weighted by molar-refractivity contribution is -0.258. The molecule has 0 radical (unpaired) electrons. The molecular formula is C18H19N3O5. The van der Waals surface area contributed by atoms with E-state index in [9.17, 15) is 20.4 Å². The summed E-state index contributed by atoms with van der Waals surface area (Å²) in [5.74, 6) is 0.245. The van der Waals surface area contributed by atoms with Crippen LogP contribution in [0.3, 0.4) is 0 Å². The Morgan fingerprint density at radius 2 is 1.92 bits per heavy atom. The van der Waals surface area contributed by atoms with Gasteiger partial charge in [0.2, 0.25) is 0 Å². The standard InChI is InChI=1S/C18H19N3O5/c22-8-14-18(25,15(24)13(23)9-26-14)17-19-16(20-21-17)12-6-5-10-3-1-2-4-11(10)7-12/h1-7,13-15,22-25H,8-9H2,(H,19,20,21)/t13-,14+,15+,18-/m0/s1.